The third kappa shape index (κ3) is 5.19. The lowest BCUT2D eigenvalue weighted by Crippen LogP contribution is -2.31. The summed E-state index contributed by atoms with van der Waals surface area (Å²) < 4.78 is 19.6. The topological polar surface area (TPSA) is 91.2 Å². The molecule has 0 bridgehead atoms. The molecular formula is C22H20FN3O3S. The van der Waals surface area contributed by atoms with Gasteiger partial charge in [0.2, 0.25) is 11.8 Å². The van der Waals surface area contributed by atoms with Gasteiger partial charge in [0.25, 0.3) is 0 Å². The largest absolute Gasteiger partial charge is 0.494 e. The van der Waals surface area contributed by atoms with E-state index >= 15 is 0 Å². The highest BCUT2D eigenvalue weighted by molar-refractivity contribution is 8.03. The zero-order valence-corrected chi connectivity index (χ0v) is 17.1. The number of hydrogen-bond donors (Lipinski definition) is 2. The highest BCUT2D eigenvalue weighted by Crippen LogP contribution is 2.36. The number of nitrogens with one attached hydrogen (secondary N) is 2. The van der Waals surface area contributed by atoms with Crippen molar-refractivity contribution in [3.05, 3.63) is 70.5 Å². The lowest BCUT2D eigenvalue weighted by molar-refractivity contribution is -0.121. The lowest BCUT2D eigenvalue weighted by atomic mass is 9.87. The number of hydrogen-bond acceptors (Lipinski definition) is 5. The van der Waals surface area contributed by atoms with Gasteiger partial charge in [-0.2, -0.15) is 5.26 Å². The number of allylic oxidation sites excluding steroid dienone is 1. The molecular weight excluding hydrogens is 405 g/mol. The average molecular weight is 425 g/mol. The van der Waals surface area contributed by atoms with Crippen molar-refractivity contribution in [2.75, 3.05) is 17.7 Å². The van der Waals surface area contributed by atoms with Crippen molar-refractivity contribution in [1.82, 2.24) is 5.32 Å². The second-order valence-electron chi connectivity index (χ2n) is 6.48. The number of halogens is 1. The molecule has 154 valence electrons. The Hall–Kier alpha value is -3.31. The molecule has 1 heterocycles. The van der Waals surface area contributed by atoms with Crippen molar-refractivity contribution < 1.29 is 18.7 Å². The van der Waals surface area contributed by atoms with Crippen molar-refractivity contribution in [3.8, 4) is 11.8 Å². The third-order valence-electron chi connectivity index (χ3n) is 4.43. The van der Waals surface area contributed by atoms with Crippen LogP contribution in [0.25, 0.3) is 0 Å². The van der Waals surface area contributed by atoms with Crippen LogP contribution < -0.4 is 15.4 Å². The smallest absolute Gasteiger partial charge is 0.234 e. The number of carbonyl (C=O) groups excluding carboxylic acids is 2. The predicted octanol–water partition coefficient (Wildman–Crippen LogP) is 3.93. The van der Waals surface area contributed by atoms with Gasteiger partial charge in [-0.1, -0.05) is 30.0 Å². The van der Waals surface area contributed by atoms with E-state index in [0.717, 1.165) is 11.8 Å². The third-order valence-corrected chi connectivity index (χ3v) is 5.45. The monoisotopic (exact) mass is 425 g/mol. The maximum absolute atomic E-state index is 14.2. The van der Waals surface area contributed by atoms with E-state index in [1.54, 1.807) is 42.5 Å². The van der Waals surface area contributed by atoms with Gasteiger partial charge in [-0.25, -0.2) is 4.39 Å². The van der Waals surface area contributed by atoms with E-state index in [2.05, 4.69) is 16.7 Å². The standard InChI is InChI=1S/C22H20FN3O3S/c1-2-29-15-9-7-14(8-10-15)25-21(28)13-30-22-18(12-24)17(11-20(27)26-22)16-5-3-4-6-19(16)23/h3-10,17H,2,11,13H2,1H3,(H,25,28)(H,26,27)/t17-/m0/s1. The Kier molecular flexibility index (Phi) is 7.09. The van der Waals surface area contributed by atoms with Crippen LogP contribution in [0.2, 0.25) is 0 Å². The molecule has 2 aromatic rings. The molecule has 0 radical (unpaired) electrons. The zero-order chi connectivity index (χ0) is 21.5. The molecule has 0 spiro atoms. The molecule has 0 aromatic heterocycles. The summed E-state index contributed by atoms with van der Waals surface area (Å²) in [6.07, 6.45) is -0.0216. The van der Waals surface area contributed by atoms with Crippen LogP contribution >= 0.6 is 11.8 Å². The first-order valence-electron chi connectivity index (χ1n) is 9.35. The van der Waals surface area contributed by atoms with Crippen molar-refractivity contribution >= 4 is 29.3 Å². The number of nitriles is 1. The Bertz CT molecular complexity index is 1020. The van der Waals surface area contributed by atoms with E-state index in [0.29, 0.717) is 23.6 Å². The minimum atomic E-state index is -0.679. The van der Waals surface area contributed by atoms with Crippen LogP contribution in [-0.4, -0.2) is 24.2 Å². The van der Waals surface area contributed by atoms with Gasteiger partial charge in [-0.05, 0) is 42.8 Å². The van der Waals surface area contributed by atoms with Crippen LogP contribution in [0.1, 0.15) is 24.8 Å². The predicted molar refractivity (Wildman–Crippen MR) is 113 cm³/mol. The van der Waals surface area contributed by atoms with E-state index in [9.17, 15) is 19.2 Å². The minimum Gasteiger partial charge on any atom is -0.494 e. The Morgan fingerprint density at radius 3 is 2.70 bits per heavy atom. The highest BCUT2D eigenvalue weighted by atomic mass is 32.2. The van der Waals surface area contributed by atoms with Crippen molar-refractivity contribution in [2.24, 2.45) is 0 Å². The average Bonchev–Trinajstić information content (AvgIpc) is 2.74. The quantitative estimate of drug-likeness (QED) is 0.701. The maximum atomic E-state index is 14.2. The molecule has 2 aromatic carbocycles. The number of carbonyl (C=O) groups is 2. The molecule has 2 amide bonds. The molecule has 0 aliphatic carbocycles. The first kappa shape index (κ1) is 21.4. The second-order valence-corrected chi connectivity index (χ2v) is 7.46. The normalized spacial score (nSPS) is 15.9. The molecule has 1 atom stereocenters. The van der Waals surface area contributed by atoms with Gasteiger partial charge in [-0.3, -0.25) is 9.59 Å². The van der Waals surface area contributed by atoms with Crippen molar-refractivity contribution in [1.29, 1.82) is 5.26 Å². The molecule has 3 rings (SSSR count). The fourth-order valence-electron chi connectivity index (χ4n) is 3.09. The van der Waals surface area contributed by atoms with E-state index in [-0.39, 0.29) is 34.6 Å². The molecule has 1 aliphatic heterocycles. The molecule has 0 fully saturated rings. The van der Waals surface area contributed by atoms with Gasteiger partial charge in [0, 0.05) is 18.0 Å². The van der Waals surface area contributed by atoms with E-state index < -0.39 is 11.7 Å². The first-order valence-corrected chi connectivity index (χ1v) is 10.3. The van der Waals surface area contributed by atoms with Crippen LogP contribution in [0.3, 0.4) is 0 Å². The van der Waals surface area contributed by atoms with Gasteiger partial charge in [-0.15, -0.1) is 0 Å². The highest BCUT2D eigenvalue weighted by Gasteiger charge is 2.31. The van der Waals surface area contributed by atoms with Gasteiger partial charge in [0.05, 0.1) is 29.0 Å². The van der Waals surface area contributed by atoms with E-state index in [4.69, 9.17) is 4.74 Å². The summed E-state index contributed by atoms with van der Waals surface area (Å²) in [6, 6.07) is 15.1. The van der Waals surface area contributed by atoms with Crippen LogP contribution in [0.4, 0.5) is 10.1 Å². The van der Waals surface area contributed by atoms with Crippen LogP contribution in [0.15, 0.2) is 59.1 Å². The Balaban J connectivity index is 1.70. The second kappa shape index (κ2) is 9.94. The summed E-state index contributed by atoms with van der Waals surface area (Å²) >= 11 is 1.04. The number of thioether (sulfide) groups is 1. The van der Waals surface area contributed by atoms with Gasteiger partial charge in [0.1, 0.15) is 11.6 Å². The van der Waals surface area contributed by atoms with Crippen molar-refractivity contribution in [2.45, 2.75) is 19.3 Å². The minimum absolute atomic E-state index is 0.0159. The van der Waals surface area contributed by atoms with E-state index in [1.807, 2.05) is 6.92 Å². The SMILES string of the molecule is CCOc1ccc(NC(=O)CSC2=C(C#N)[C@H](c3ccccc3F)CC(=O)N2)cc1. The van der Waals surface area contributed by atoms with Crippen LogP contribution in [0, 0.1) is 17.1 Å². The van der Waals surface area contributed by atoms with Gasteiger partial charge >= 0.3 is 0 Å². The number of nitrogens with zero attached hydrogens (tertiary/aromatic N) is 1. The first-order chi connectivity index (χ1) is 14.5. The molecule has 0 unspecified atom stereocenters. The molecule has 2 N–H and O–H groups in total. The molecule has 0 saturated carbocycles. The number of rotatable bonds is 7. The summed E-state index contributed by atoms with van der Waals surface area (Å²) in [7, 11) is 0. The molecule has 0 saturated heterocycles. The maximum Gasteiger partial charge on any atom is 0.234 e. The molecule has 6 nitrogen and oxygen atoms in total. The zero-order valence-electron chi connectivity index (χ0n) is 16.3. The van der Waals surface area contributed by atoms with Crippen molar-refractivity contribution in [3.63, 3.8) is 0 Å². The lowest BCUT2D eigenvalue weighted by Gasteiger charge is -2.25. The fourth-order valence-corrected chi connectivity index (χ4v) is 3.97. The summed E-state index contributed by atoms with van der Waals surface area (Å²) in [5.74, 6) is -1.08. The summed E-state index contributed by atoms with van der Waals surface area (Å²) in [5.41, 5.74) is 1.15. The number of amides is 2. The fraction of sp³-hybridized carbons (Fsp3) is 0.227. The van der Waals surface area contributed by atoms with Crippen LogP contribution in [-0.2, 0) is 9.59 Å². The Morgan fingerprint density at radius 1 is 1.30 bits per heavy atom. The number of ether oxygens (including phenoxy) is 1. The van der Waals surface area contributed by atoms with Crippen LogP contribution in [0.5, 0.6) is 5.75 Å². The summed E-state index contributed by atoms with van der Waals surface area (Å²) in [5, 5.41) is 15.3. The van der Waals surface area contributed by atoms with E-state index in [1.165, 1.54) is 6.07 Å². The molecule has 8 heteroatoms. The Morgan fingerprint density at radius 2 is 2.03 bits per heavy atom. The summed E-state index contributed by atoms with van der Waals surface area (Å²) in [6.45, 7) is 2.44. The van der Waals surface area contributed by atoms with Gasteiger partial charge in [0.15, 0.2) is 0 Å². The Labute approximate surface area is 178 Å². The van der Waals surface area contributed by atoms with Gasteiger partial charge < -0.3 is 15.4 Å². The molecule has 1 aliphatic rings. The molecule has 30 heavy (non-hydrogen) atoms. The number of benzene rings is 2. The number of anilines is 1. The summed E-state index contributed by atoms with van der Waals surface area (Å²) in [4.78, 5) is 24.5.